The van der Waals surface area contributed by atoms with E-state index in [1.54, 1.807) is 18.2 Å². The Balaban J connectivity index is 0.000000199. The molecule has 126 heavy (non-hydrogen) atoms. The van der Waals surface area contributed by atoms with Crippen molar-refractivity contribution in [3.63, 3.8) is 0 Å². The summed E-state index contributed by atoms with van der Waals surface area (Å²) in [6, 6.07) is 124. The molecule has 17 rings (SSSR count). The fraction of sp³-hybridized carbons (Fsp3) is 0. The number of para-hydroxylation sites is 6. The molecular weight excluding hydrogens is 1580 g/mol. The summed E-state index contributed by atoms with van der Waals surface area (Å²) in [6.45, 7) is 34.8. The Morgan fingerprint density at radius 3 is 0.627 bits per heavy atom. The van der Waals surface area contributed by atoms with E-state index in [1.165, 1.54) is 0 Å². The first kappa shape index (κ1) is 81.8. The molecule has 0 saturated carbocycles. The summed E-state index contributed by atoms with van der Waals surface area (Å²) in [4.78, 5) is 48.5. The minimum absolute atomic E-state index is 0.000622. The summed E-state index contributed by atoms with van der Waals surface area (Å²) in [5.74, 6) is -10.1. The number of hydrogen-bond acceptors (Lipinski definition) is 15. The number of benzene rings is 14. The molecule has 590 valence electrons. The number of rotatable bonds is 15. The first-order valence-electron chi connectivity index (χ1n) is 38.1. The van der Waals surface area contributed by atoms with Gasteiger partial charge in [0.05, 0.1) is 5.22 Å². The Hall–Kier alpha value is -19.3. The zero-order valence-corrected chi connectivity index (χ0v) is 65.6. The molecule has 0 aliphatic heterocycles. The van der Waals surface area contributed by atoms with Gasteiger partial charge in [0.1, 0.15) is 70.8 Å². The Kier molecular flexibility index (Phi) is 24.1. The van der Waals surface area contributed by atoms with Gasteiger partial charge in [0.15, 0.2) is 40.4 Å². The summed E-state index contributed by atoms with van der Waals surface area (Å²) < 4.78 is 54.6. The first-order chi connectivity index (χ1) is 61.7. The molecule has 0 amide bonds. The third-order valence-corrected chi connectivity index (χ3v) is 20.0. The van der Waals surface area contributed by atoms with E-state index in [-0.39, 0.29) is 67.6 Å². The van der Waals surface area contributed by atoms with Gasteiger partial charge in [0.2, 0.25) is 11.0 Å². The van der Waals surface area contributed by atoms with Crippen molar-refractivity contribution in [2.75, 3.05) is 19.6 Å². The fourth-order valence-corrected chi connectivity index (χ4v) is 14.1. The van der Waals surface area contributed by atoms with Crippen molar-refractivity contribution >= 4 is 130 Å². The average Bonchev–Trinajstić information content (AvgIpc) is 0.723. The molecule has 0 bridgehead atoms. The molecule has 3 aromatic heterocycles. The Labute approximate surface area is 718 Å². The molecule has 0 aliphatic rings. The fourth-order valence-electron chi connectivity index (χ4n) is 14.1. The molecule has 17 aromatic rings. The molecule has 0 spiro atoms. The van der Waals surface area contributed by atoms with Crippen molar-refractivity contribution in [2.45, 2.75) is 0 Å². The van der Waals surface area contributed by atoms with Gasteiger partial charge in [-0.1, -0.05) is 202 Å². The van der Waals surface area contributed by atoms with E-state index in [0.29, 0.717) is 0 Å². The van der Waals surface area contributed by atoms with Gasteiger partial charge in [-0.3, -0.25) is 0 Å². The van der Waals surface area contributed by atoms with Gasteiger partial charge in [-0.2, -0.15) is 36.0 Å². The van der Waals surface area contributed by atoms with Gasteiger partial charge in [-0.15, -0.1) is 15.0 Å². The lowest BCUT2D eigenvalue weighted by molar-refractivity contribution is 0.434. The van der Waals surface area contributed by atoms with Crippen molar-refractivity contribution in [1.82, 2.24) is 29.9 Å². The Morgan fingerprint density at radius 2 is 0.429 bits per heavy atom. The van der Waals surface area contributed by atoms with Crippen LogP contribution >= 0.6 is 0 Å². The lowest BCUT2D eigenvalue weighted by atomic mass is 10.0. The predicted molar refractivity (Wildman–Crippen MR) is 477 cm³/mol. The standard InChI is InChI=1S/C72H54N4.C18N12.C12F4N4/c1-7-19-61(20-8-1)73(62-21-9-2-10-22-62)67-43-31-55(32-44-67)57-35-47-69(48-36-57)75(65-27-15-5-16-28-65)71-51-39-59(40-52-71)60-41-53-72(54-42-60)76(66-29-17-6-18-30-66)70-49-37-58(38-50-70)56-33-45-68(46-34-56)74(63-23-11-3-12-24-63)64-25-13-4-14-26-64;1-22-16-9(6-21)27-12-10-11(26-8(5-20)7(4-19)25-10)14-15(13(12)28-16)30-18(24-3)17(23-2)29-14;1-19-12(20-2)7-10(15)8(13)6(5(3-17)4-18)9(14)11(7)16/h1-54H;;. The highest BCUT2D eigenvalue weighted by Crippen LogP contribution is 2.43. The molecular formula is C102H54F4N20. The summed E-state index contributed by atoms with van der Waals surface area (Å²) in [5.41, 5.74) is 18.2. The summed E-state index contributed by atoms with van der Waals surface area (Å²) in [5, 5.41) is 41.9. The number of halogens is 4. The van der Waals surface area contributed by atoms with Crippen LogP contribution in [0.15, 0.2) is 328 Å². The molecule has 24 heteroatoms. The SMILES string of the molecule is [C-]#[N+]C([N+]#[C-])=c1c(F)c(F)c(=C(C#N)C#N)c(F)c1F.[C-]#[N+]c1nc2c(nc1C#N)c1nc(C#N)c(C#N)nc1c1nc([N+]#[C-])c([N+]#[C-])nc21.c1ccc(N(c2ccccc2)c2ccc(-c3ccc(N(c4ccccc4)c4ccc(-c5ccc(N(c6ccccc6)c6ccc(-c7ccc(N(c8ccccc8)c8ccccc8)cc7)cc6)cc5)cc4)cc3)cc2)cc1. The van der Waals surface area contributed by atoms with E-state index in [0.717, 1.165) is 114 Å². The second-order valence-electron chi connectivity index (χ2n) is 27.2. The van der Waals surface area contributed by atoms with Crippen LogP contribution in [0.4, 0.5) is 103 Å². The number of nitriles is 5. The van der Waals surface area contributed by atoms with Crippen molar-refractivity contribution in [3.05, 3.63) is 435 Å². The van der Waals surface area contributed by atoms with Crippen molar-refractivity contribution in [3.8, 4) is 63.7 Å². The maximum Gasteiger partial charge on any atom is 0.532 e. The third-order valence-electron chi connectivity index (χ3n) is 20.0. The van der Waals surface area contributed by atoms with Gasteiger partial charge < -0.3 is 34.1 Å². The number of aromatic nitrogens is 6. The minimum atomic E-state index is -2.01. The molecule has 20 nitrogen and oxygen atoms in total. The smallest absolute Gasteiger partial charge is 0.370 e. The lowest BCUT2D eigenvalue weighted by Crippen LogP contribution is -2.30. The lowest BCUT2D eigenvalue weighted by Gasteiger charge is -2.26. The molecule has 0 fully saturated rings. The van der Waals surface area contributed by atoms with Crippen LogP contribution < -0.4 is 30.0 Å². The maximum absolute atomic E-state index is 13.6. The van der Waals surface area contributed by atoms with Crippen LogP contribution in [0.5, 0.6) is 0 Å². The van der Waals surface area contributed by atoms with E-state index >= 15 is 0 Å². The van der Waals surface area contributed by atoms with Gasteiger partial charge in [0, 0.05) is 68.2 Å². The number of anilines is 12. The average molecular weight is 1640 g/mol. The maximum atomic E-state index is 13.6. The Bertz CT molecular complexity index is 6820. The zero-order valence-electron chi connectivity index (χ0n) is 65.6. The van der Waals surface area contributed by atoms with Crippen molar-refractivity contribution in [1.29, 1.82) is 26.3 Å². The van der Waals surface area contributed by atoms with Crippen molar-refractivity contribution < 1.29 is 17.6 Å². The highest BCUT2D eigenvalue weighted by Gasteiger charge is 2.30. The van der Waals surface area contributed by atoms with Crippen molar-refractivity contribution in [2.24, 2.45) is 0 Å². The summed E-state index contributed by atoms with van der Waals surface area (Å²) >= 11 is 0. The number of hydrogen-bond donors (Lipinski definition) is 0. The summed E-state index contributed by atoms with van der Waals surface area (Å²) in [7, 11) is 0. The van der Waals surface area contributed by atoms with Gasteiger partial charge in [-0.05, 0) is 179 Å². The molecule has 0 N–H and O–H groups in total. The first-order valence-corrected chi connectivity index (χ1v) is 38.1. The van der Waals surface area contributed by atoms with E-state index in [1.807, 2.05) is 0 Å². The second-order valence-corrected chi connectivity index (χ2v) is 27.2. The van der Waals surface area contributed by atoms with E-state index < -0.39 is 45.1 Å². The number of fused-ring (bicyclic) bond motifs is 6. The van der Waals surface area contributed by atoms with Crippen LogP contribution in [0.2, 0.25) is 0 Å². The molecule has 0 unspecified atom stereocenters. The van der Waals surface area contributed by atoms with Gasteiger partial charge >= 0.3 is 11.6 Å². The minimum Gasteiger partial charge on any atom is -0.370 e. The van der Waals surface area contributed by atoms with Crippen LogP contribution in [0, 0.1) is 113 Å². The zero-order chi connectivity index (χ0) is 87.7. The predicted octanol–water partition coefficient (Wildman–Crippen LogP) is 24.7. The van der Waals surface area contributed by atoms with Crippen LogP contribution in [-0.4, -0.2) is 29.9 Å². The molecule has 3 heterocycles. The highest BCUT2D eigenvalue weighted by molar-refractivity contribution is 6.19. The molecule has 0 radical (unpaired) electrons. The molecule has 0 saturated heterocycles. The van der Waals surface area contributed by atoms with E-state index in [2.05, 4.69) is 401 Å². The Morgan fingerprint density at radius 1 is 0.238 bits per heavy atom. The van der Waals surface area contributed by atoms with Crippen LogP contribution in [0.3, 0.4) is 0 Å². The number of nitrogens with zero attached hydrogens (tertiary/aromatic N) is 20. The largest absolute Gasteiger partial charge is 0.532 e. The van der Waals surface area contributed by atoms with E-state index in [9.17, 15) is 33.3 Å². The molecule has 0 aliphatic carbocycles. The van der Waals surface area contributed by atoms with E-state index in [4.69, 9.17) is 43.4 Å². The topological polar surface area (TPSA) is 231 Å². The van der Waals surface area contributed by atoms with Gasteiger partial charge in [0.25, 0.3) is 17.2 Å². The monoisotopic (exact) mass is 1630 g/mol. The quantitative estimate of drug-likeness (QED) is 0.0402. The van der Waals surface area contributed by atoms with Crippen LogP contribution in [-0.2, 0) is 0 Å². The van der Waals surface area contributed by atoms with Crippen LogP contribution in [0.25, 0.3) is 102 Å². The second kappa shape index (κ2) is 37.1. The molecule has 0 atom stereocenters. The van der Waals surface area contributed by atoms with Gasteiger partial charge in [-0.25, -0.2) is 32.5 Å². The normalized spacial score (nSPS) is 10.3. The third kappa shape index (κ3) is 16.6. The highest BCUT2D eigenvalue weighted by atomic mass is 19.2. The van der Waals surface area contributed by atoms with Crippen LogP contribution in [0.1, 0.15) is 17.1 Å². The summed E-state index contributed by atoms with van der Waals surface area (Å²) in [6.07, 6.45) is 0. The molecule has 14 aromatic carbocycles.